The fourth-order valence-electron chi connectivity index (χ4n) is 2.46. The van der Waals surface area contributed by atoms with Crippen molar-refractivity contribution in [3.63, 3.8) is 0 Å². The zero-order valence-electron chi connectivity index (χ0n) is 10.9. The molecule has 4 heteroatoms. The van der Waals surface area contributed by atoms with E-state index in [9.17, 15) is 9.59 Å². The average molecular weight is 286 g/mol. The Morgan fingerprint density at radius 3 is 2.45 bits per heavy atom. The van der Waals surface area contributed by atoms with E-state index in [0.29, 0.717) is 17.1 Å². The summed E-state index contributed by atoms with van der Waals surface area (Å²) in [5.74, 6) is -0.901. The number of ketones is 1. The molecule has 2 aromatic carbocycles. The van der Waals surface area contributed by atoms with Crippen molar-refractivity contribution in [2.24, 2.45) is 0 Å². The standard InChI is InChI=1S/C16H12ClNO2/c1-10-3-2-4-13-14(10)18(16(20)15(13)19)9-11-5-7-12(17)8-6-11/h2-8H,9H2,1H3. The van der Waals surface area contributed by atoms with Gasteiger partial charge in [0, 0.05) is 5.02 Å². The van der Waals surface area contributed by atoms with E-state index in [-0.39, 0.29) is 0 Å². The number of carbonyl (C=O) groups is 2. The van der Waals surface area contributed by atoms with Gasteiger partial charge in [0.2, 0.25) is 0 Å². The first-order chi connectivity index (χ1) is 9.58. The minimum absolute atomic E-state index is 0.375. The molecular weight excluding hydrogens is 274 g/mol. The van der Waals surface area contributed by atoms with E-state index in [4.69, 9.17) is 11.6 Å². The summed E-state index contributed by atoms with van der Waals surface area (Å²) in [7, 11) is 0. The zero-order chi connectivity index (χ0) is 14.3. The molecule has 1 amide bonds. The number of fused-ring (bicyclic) bond motifs is 1. The summed E-state index contributed by atoms with van der Waals surface area (Å²) in [5.41, 5.74) is 3.07. The highest BCUT2D eigenvalue weighted by Crippen LogP contribution is 2.33. The summed E-state index contributed by atoms with van der Waals surface area (Å²) >= 11 is 5.85. The Morgan fingerprint density at radius 2 is 1.75 bits per heavy atom. The van der Waals surface area contributed by atoms with Crippen LogP contribution < -0.4 is 4.90 Å². The Morgan fingerprint density at radius 1 is 1.05 bits per heavy atom. The normalized spacial score (nSPS) is 13.8. The lowest BCUT2D eigenvalue weighted by atomic mass is 10.1. The van der Waals surface area contributed by atoms with Crippen LogP contribution >= 0.6 is 11.6 Å². The van der Waals surface area contributed by atoms with Gasteiger partial charge in [-0.25, -0.2) is 0 Å². The Balaban J connectivity index is 2.01. The molecule has 3 nitrogen and oxygen atoms in total. The number of amides is 1. The number of anilines is 1. The third-order valence-electron chi connectivity index (χ3n) is 3.45. The SMILES string of the molecule is Cc1cccc2c1N(Cc1ccc(Cl)cc1)C(=O)C2=O. The fourth-order valence-corrected chi connectivity index (χ4v) is 2.59. The molecule has 0 atom stereocenters. The van der Waals surface area contributed by atoms with Gasteiger partial charge in [-0.05, 0) is 36.2 Å². The predicted octanol–water partition coefficient (Wildman–Crippen LogP) is 3.38. The molecule has 1 aliphatic heterocycles. The first-order valence-electron chi connectivity index (χ1n) is 6.28. The van der Waals surface area contributed by atoms with Gasteiger partial charge >= 0.3 is 0 Å². The number of rotatable bonds is 2. The van der Waals surface area contributed by atoms with Crippen LogP contribution in [0.5, 0.6) is 0 Å². The molecule has 0 radical (unpaired) electrons. The van der Waals surface area contributed by atoms with Gasteiger partial charge in [0.15, 0.2) is 0 Å². The highest BCUT2D eigenvalue weighted by Gasteiger charge is 2.36. The minimum atomic E-state index is -0.468. The Labute approximate surface area is 121 Å². The number of halogens is 1. The lowest BCUT2D eigenvalue weighted by Crippen LogP contribution is -2.29. The average Bonchev–Trinajstić information content (AvgIpc) is 2.68. The van der Waals surface area contributed by atoms with Crippen molar-refractivity contribution < 1.29 is 9.59 Å². The maximum Gasteiger partial charge on any atom is 0.299 e. The number of benzene rings is 2. The molecule has 1 heterocycles. The number of carbonyl (C=O) groups excluding carboxylic acids is 2. The van der Waals surface area contributed by atoms with Crippen molar-refractivity contribution >= 4 is 29.0 Å². The third kappa shape index (κ3) is 2.00. The van der Waals surface area contributed by atoms with Crippen LogP contribution in [0.4, 0.5) is 5.69 Å². The molecule has 0 fully saturated rings. The van der Waals surface area contributed by atoms with Crippen molar-refractivity contribution in [1.29, 1.82) is 0 Å². The summed E-state index contributed by atoms with van der Waals surface area (Å²) < 4.78 is 0. The van der Waals surface area contributed by atoms with E-state index in [0.717, 1.165) is 16.8 Å². The van der Waals surface area contributed by atoms with Crippen LogP contribution in [-0.2, 0) is 11.3 Å². The van der Waals surface area contributed by atoms with E-state index in [2.05, 4.69) is 0 Å². The minimum Gasteiger partial charge on any atom is -0.300 e. The molecule has 100 valence electrons. The van der Waals surface area contributed by atoms with Crippen LogP contribution in [0.25, 0.3) is 0 Å². The first-order valence-corrected chi connectivity index (χ1v) is 6.66. The van der Waals surface area contributed by atoms with E-state index < -0.39 is 11.7 Å². The van der Waals surface area contributed by atoms with Gasteiger partial charge in [-0.15, -0.1) is 0 Å². The second-order valence-electron chi connectivity index (χ2n) is 4.82. The molecule has 2 aromatic rings. The van der Waals surface area contributed by atoms with Crippen LogP contribution in [0.1, 0.15) is 21.5 Å². The number of Topliss-reactive ketones (excluding diaryl/α,β-unsaturated/α-hetero) is 1. The summed E-state index contributed by atoms with van der Waals surface area (Å²) in [5, 5.41) is 0.647. The highest BCUT2D eigenvalue weighted by molar-refractivity contribution is 6.52. The van der Waals surface area contributed by atoms with Crippen LogP contribution in [0.2, 0.25) is 5.02 Å². The largest absolute Gasteiger partial charge is 0.300 e. The maximum absolute atomic E-state index is 12.1. The van der Waals surface area contributed by atoms with Crippen molar-refractivity contribution in [3.05, 3.63) is 64.2 Å². The van der Waals surface area contributed by atoms with Gasteiger partial charge in [0.1, 0.15) is 0 Å². The molecule has 1 aliphatic rings. The van der Waals surface area contributed by atoms with Crippen molar-refractivity contribution in [3.8, 4) is 0 Å². The number of aryl methyl sites for hydroxylation is 1. The Kier molecular flexibility index (Phi) is 3.07. The number of para-hydroxylation sites is 1. The molecule has 20 heavy (non-hydrogen) atoms. The monoisotopic (exact) mass is 285 g/mol. The van der Waals surface area contributed by atoms with Crippen molar-refractivity contribution in [2.75, 3.05) is 4.90 Å². The molecule has 0 spiro atoms. The van der Waals surface area contributed by atoms with Crippen LogP contribution in [0.15, 0.2) is 42.5 Å². The number of hydrogen-bond acceptors (Lipinski definition) is 2. The van der Waals surface area contributed by atoms with E-state index in [1.54, 1.807) is 24.3 Å². The molecule has 3 rings (SSSR count). The van der Waals surface area contributed by atoms with Gasteiger partial charge in [0.05, 0.1) is 17.8 Å². The van der Waals surface area contributed by atoms with Crippen molar-refractivity contribution in [1.82, 2.24) is 0 Å². The van der Waals surface area contributed by atoms with Gasteiger partial charge in [0.25, 0.3) is 11.7 Å². The third-order valence-corrected chi connectivity index (χ3v) is 3.70. The second-order valence-corrected chi connectivity index (χ2v) is 5.25. The summed E-state index contributed by atoms with van der Waals surface area (Å²) in [6.45, 7) is 2.28. The maximum atomic E-state index is 12.1. The number of nitrogens with zero attached hydrogens (tertiary/aromatic N) is 1. The lowest BCUT2D eigenvalue weighted by Gasteiger charge is -2.18. The lowest BCUT2D eigenvalue weighted by molar-refractivity contribution is -0.114. The summed E-state index contributed by atoms with van der Waals surface area (Å²) in [6.07, 6.45) is 0. The van der Waals surface area contributed by atoms with Crippen LogP contribution in [0.3, 0.4) is 0 Å². The van der Waals surface area contributed by atoms with Gasteiger partial charge in [-0.1, -0.05) is 35.9 Å². The molecule has 0 bridgehead atoms. The zero-order valence-corrected chi connectivity index (χ0v) is 11.6. The topological polar surface area (TPSA) is 37.4 Å². The Hall–Kier alpha value is -2.13. The first kappa shape index (κ1) is 12.9. The van der Waals surface area contributed by atoms with Crippen LogP contribution in [-0.4, -0.2) is 11.7 Å². The van der Waals surface area contributed by atoms with Gasteiger partial charge in [-0.3, -0.25) is 9.59 Å². The van der Waals surface area contributed by atoms with E-state index >= 15 is 0 Å². The molecule has 0 saturated carbocycles. The fraction of sp³-hybridized carbons (Fsp3) is 0.125. The molecule has 0 aromatic heterocycles. The quantitative estimate of drug-likeness (QED) is 0.793. The summed E-state index contributed by atoms with van der Waals surface area (Å²) in [4.78, 5) is 25.7. The molecule has 0 unspecified atom stereocenters. The highest BCUT2D eigenvalue weighted by atomic mass is 35.5. The molecule has 0 aliphatic carbocycles. The molecule has 0 saturated heterocycles. The van der Waals surface area contributed by atoms with Gasteiger partial charge < -0.3 is 4.90 Å². The molecular formula is C16H12ClNO2. The Bertz CT molecular complexity index is 707. The summed E-state index contributed by atoms with van der Waals surface area (Å²) in [6, 6.07) is 12.7. The predicted molar refractivity (Wildman–Crippen MR) is 78.2 cm³/mol. The van der Waals surface area contributed by atoms with Crippen molar-refractivity contribution in [2.45, 2.75) is 13.5 Å². The smallest absolute Gasteiger partial charge is 0.299 e. The van der Waals surface area contributed by atoms with E-state index in [1.807, 2.05) is 25.1 Å². The molecule has 0 N–H and O–H groups in total. The van der Waals surface area contributed by atoms with Gasteiger partial charge in [-0.2, -0.15) is 0 Å². The number of hydrogen-bond donors (Lipinski definition) is 0. The van der Waals surface area contributed by atoms with E-state index in [1.165, 1.54) is 4.90 Å². The second kappa shape index (κ2) is 4.76. The van der Waals surface area contributed by atoms with Crippen LogP contribution in [0, 0.1) is 6.92 Å².